The quantitative estimate of drug-likeness (QED) is 0.609. The van der Waals surface area contributed by atoms with Crippen LogP contribution in [0.3, 0.4) is 0 Å². The number of likely N-dealkylation sites (tertiary alicyclic amines) is 1. The molecule has 29 heavy (non-hydrogen) atoms. The van der Waals surface area contributed by atoms with Crippen LogP contribution in [0.5, 0.6) is 0 Å². The fraction of sp³-hybridized carbons (Fsp3) is 0.429. The second-order valence-corrected chi connectivity index (χ2v) is 8.07. The third-order valence-corrected chi connectivity index (χ3v) is 5.78. The maximum atomic E-state index is 13.1. The number of nitrogens with zero attached hydrogens (tertiary/aromatic N) is 2. The normalized spacial score (nSPS) is 16.7. The summed E-state index contributed by atoms with van der Waals surface area (Å²) in [7, 11) is 0. The van der Waals surface area contributed by atoms with Crippen molar-refractivity contribution >= 4 is 23.3 Å². The first-order valence-corrected chi connectivity index (χ1v) is 9.94. The van der Waals surface area contributed by atoms with Crippen LogP contribution >= 0.6 is 0 Å². The van der Waals surface area contributed by atoms with Gasteiger partial charge in [-0.25, -0.2) is 0 Å². The number of carbonyl (C=O) groups is 3. The number of hydrogen-bond donors (Lipinski definition) is 3. The van der Waals surface area contributed by atoms with E-state index in [1.807, 2.05) is 30.9 Å². The first-order chi connectivity index (χ1) is 13.9. The average Bonchev–Trinajstić information content (AvgIpc) is 3.23. The molecule has 0 saturated carbocycles. The molecule has 0 bridgehead atoms. The first-order valence-electron chi connectivity index (χ1n) is 9.94. The van der Waals surface area contributed by atoms with Crippen LogP contribution in [0.1, 0.15) is 54.2 Å². The van der Waals surface area contributed by atoms with Crippen molar-refractivity contribution in [1.29, 1.82) is 0 Å². The van der Waals surface area contributed by atoms with Gasteiger partial charge in [-0.05, 0) is 37.9 Å². The molecule has 1 saturated heterocycles. The van der Waals surface area contributed by atoms with Gasteiger partial charge in [-0.3, -0.25) is 24.4 Å². The summed E-state index contributed by atoms with van der Waals surface area (Å²) in [6, 6.07) is 5.42. The zero-order valence-electron chi connectivity index (χ0n) is 16.6. The number of amides is 2. The van der Waals surface area contributed by atoms with Crippen LogP contribution in [0.4, 0.5) is 5.69 Å². The lowest BCUT2D eigenvalue weighted by Crippen LogP contribution is -2.42. The first kappa shape index (κ1) is 19.3. The predicted molar refractivity (Wildman–Crippen MR) is 109 cm³/mol. The standard InChI is InChI=1S/C21H25N5O3/c1-11(2)18-17-19(25-24-18)13-4-3-5-14(16(13)20(17)28)23-15(27)10-26-8-6-12(7-9-26)21(22)29/h3-5,11-12H,6-10H2,1-2H3,(H2,22,29)(H,23,27)(H,24,25). The van der Waals surface area contributed by atoms with Gasteiger partial charge in [0.2, 0.25) is 11.8 Å². The van der Waals surface area contributed by atoms with Crippen molar-refractivity contribution in [2.75, 3.05) is 25.0 Å². The lowest BCUT2D eigenvalue weighted by molar-refractivity contribution is -0.123. The molecule has 1 aromatic heterocycles. The Bertz CT molecular complexity index is 986. The Morgan fingerprint density at radius 2 is 2.00 bits per heavy atom. The number of ketones is 1. The Kier molecular flexibility index (Phi) is 4.96. The van der Waals surface area contributed by atoms with Crippen molar-refractivity contribution in [3.63, 3.8) is 0 Å². The molecule has 2 aromatic rings. The molecule has 2 aliphatic rings. The number of benzene rings is 1. The van der Waals surface area contributed by atoms with E-state index in [9.17, 15) is 14.4 Å². The number of nitrogens with two attached hydrogens (primary N) is 1. The summed E-state index contributed by atoms with van der Waals surface area (Å²) in [6.07, 6.45) is 1.33. The molecule has 8 nitrogen and oxygen atoms in total. The number of aromatic amines is 1. The summed E-state index contributed by atoms with van der Waals surface area (Å²) in [5, 5.41) is 10.2. The molecule has 8 heteroatoms. The molecule has 4 rings (SSSR count). The molecule has 0 spiro atoms. The van der Waals surface area contributed by atoms with Crippen molar-refractivity contribution in [2.45, 2.75) is 32.6 Å². The third kappa shape index (κ3) is 3.44. The minimum atomic E-state index is -0.273. The number of primary amides is 1. The van der Waals surface area contributed by atoms with Gasteiger partial charge in [0.1, 0.15) is 5.69 Å². The third-order valence-electron chi connectivity index (χ3n) is 5.78. The number of piperidine rings is 1. The summed E-state index contributed by atoms with van der Waals surface area (Å²) in [4.78, 5) is 39.0. The Morgan fingerprint density at radius 3 is 2.66 bits per heavy atom. The van der Waals surface area contributed by atoms with E-state index in [2.05, 4.69) is 15.5 Å². The molecule has 2 heterocycles. The number of H-pyrrole nitrogens is 1. The number of carbonyl (C=O) groups excluding carboxylic acids is 3. The largest absolute Gasteiger partial charge is 0.369 e. The van der Waals surface area contributed by atoms with Gasteiger partial charge in [-0.1, -0.05) is 26.0 Å². The smallest absolute Gasteiger partial charge is 0.238 e. The lowest BCUT2D eigenvalue weighted by Gasteiger charge is -2.29. The molecular formula is C21H25N5O3. The van der Waals surface area contributed by atoms with E-state index in [-0.39, 0.29) is 36.0 Å². The average molecular weight is 395 g/mol. The van der Waals surface area contributed by atoms with E-state index >= 15 is 0 Å². The number of nitrogens with one attached hydrogen (secondary N) is 2. The SMILES string of the molecule is CC(C)c1[nH]nc2c1C(=O)c1c(NC(=O)CN3CCC(C(N)=O)CC3)cccc1-2. The maximum Gasteiger partial charge on any atom is 0.238 e. The predicted octanol–water partition coefficient (Wildman–Crippen LogP) is 1.88. The van der Waals surface area contributed by atoms with Gasteiger partial charge in [-0.15, -0.1) is 0 Å². The fourth-order valence-corrected chi connectivity index (χ4v) is 4.19. The number of anilines is 1. The molecule has 0 unspecified atom stereocenters. The summed E-state index contributed by atoms with van der Waals surface area (Å²) >= 11 is 0. The minimum absolute atomic E-state index is 0.106. The van der Waals surface area contributed by atoms with E-state index in [0.717, 1.165) is 11.3 Å². The van der Waals surface area contributed by atoms with Crippen molar-refractivity contribution in [2.24, 2.45) is 11.7 Å². The molecule has 1 aliphatic carbocycles. The van der Waals surface area contributed by atoms with Crippen LogP contribution in [-0.2, 0) is 9.59 Å². The maximum absolute atomic E-state index is 13.1. The van der Waals surface area contributed by atoms with Crippen LogP contribution in [0.15, 0.2) is 18.2 Å². The van der Waals surface area contributed by atoms with Gasteiger partial charge in [0.15, 0.2) is 5.78 Å². The molecule has 152 valence electrons. The van der Waals surface area contributed by atoms with E-state index in [1.165, 1.54) is 0 Å². The van der Waals surface area contributed by atoms with Crippen LogP contribution in [-0.4, -0.2) is 52.3 Å². The highest BCUT2D eigenvalue weighted by molar-refractivity contribution is 6.25. The molecule has 1 fully saturated rings. The molecule has 4 N–H and O–H groups in total. The Labute approximate surface area is 168 Å². The van der Waals surface area contributed by atoms with E-state index in [4.69, 9.17) is 5.73 Å². The van der Waals surface area contributed by atoms with E-state index in [1.54, 1.807) is 6.07 Å². The van der Waals surface area contributed by atoms with Crippen molar-refractivity contribution in [3.8, 4) is 11.3 Å². The molecule has 2 amide bonds. The Balaban J connectivity index is 1.49. The number of aromatic nitrogens is 2. The number of rotatable bonds is 5. The van der Waals surface area contributed by atoms with Gasteiger partial charge >= 0.3 is 0 Å². The van der Waals surface area contributed by atoms with Gasteiger partial charge in [0.05, 0.1) is 23.4 Å². The highest BCUT2D eigenvalue weighted by Crippen LogP contribution is 2.41. The van der Waals surface area contributed by atoms with E-state index < -0.39 is 0 Å². The number of fused-ring (bicyclic) bond motifs is 3. The van der Waals surface area contributed by atoms with Gasteiger partial charge in [0.25, 0.3) is 0 Å². The van der Waals surface area contributed by atoms with Gasteiger partial charge in [0, 0.05) is 17.2 Å². The molecular weight excluding hydrogens is 370 g/mol. The van der Waals surface area contributed by atoms with Crippen LogP contribution in [0.25, 0.3) is 11.3 Å². The van der Waals surface area contributed by atoms with Crippen molar-refractivity contribution in [1.82, 2.24) is 15.1 Å². The monoisotopic (exact) mass is 395 g/mol. The van der Waals surface area contributed by atoms with Crippen LogP contribution < -0.4 is 11.1 Å². The van der Waals surface area contributed by atoms with Gasteiger partial charge in [-0.2, -0.15) is 5.10 Å². The Hall–Kier alpha value is -3.00. The lowest BCUT2D eigenvalue weighted by atomic mass is 9.96. The van der Waals surface area contributed by atoms with Crippen LogP contribution in [0.2, 0.25) is 0 Å². The topological polar surface area (TPSA) is 121 Å². The number of hydrogen-bond acceptors (Lipinski definition) is 5. The highest BCUT2D eigenvalue weighted by Gasteiger charge is 2.35. The Morgan fingerprint density at radius 1 is 1.28 bits per heavy atom. The van der Waals surface area contributed by atoms with Gasteiger partial charge < -0.3 is 11.1 Å². The second-order valence-electron chi connectivity index (χ2n) is 8.07. The van der Waals surface area contributed by atoms with Crippen LogP contribution in [0, 0.1) is 5.92 Å². The molecule has 1 aliphatic heterocycles. The molecule has 0 radical (unpaired) electrons. The van der Waals surface area contributed by atoms with Crippen molar-refractivity contribution in [3.05, 3.63) is 35.0 Å². The summed E-state index contributed by atoms with van der Waals surface area (Å²) in [5.41, 5.74) is 9.19. The minimum Gasteiger partial charge on any atom is -0.369 e. The summed E-state index contributed by atoms with van der Waals surface area (Å²) in [5.74, 6) is -0.526. The molecule has 0 atom stereocenters. The summed E-state index contributed by atoms with van der Waals surface area (Å²) in [6.45, 7) is 5.54. The fourth-order valence-electron chi connectivity index (χ4n) is 4.19. The molecule has 1 aromatic carbocycles. The second kappa shape index (κ2) is 7.44. The van der Waals surface area contributed by atoms with E-state index in [0.29, 0.717) is 48.4 Å². The zero-order chi connectivity index (χ0) is 20.7. The summed E-state index contributed by atoms with van der Waals surface area (Å²) < 4.78 is 0. The highest BCUT2D eigenvalue weighted by atomic mass is 16.2. The zero-order valence-corrected chi connectivity index (χ0v) is 16.6. The van der Waals surface area contributed by atoms with Crippen molar-refractivity contribution < 1.29 is 14.4 Å².